The van der Waals surface area contributed by atoms with Crippen LogP contribution < -0.4 is 13.7 Å². The van der Waals surface area contributed by atoms with Crippen molar-refractivity contribution in [2.45, 2.75) is 134 Å². The first-order valence-electron chi connectivity index (χ1n) is 22.1. The Hall–Kier alpha value is 30.8. The molecule has 0 aliphatic carbocycles. The molecule has 9 rings (SSSR count). The number of aryl methyl sites for hydroxylation is 12. The molecule has 0 atom stereocenters. The number of benzene rings is 6. The number of aromatic nitrogens is 3. The monoisotopic (exact) mass is 3840 g/mol. The second-order valence-electron chi connectivity index (χ2n) is 15.5. The van der Waals surface area contributed by atoms with Crippen LogP contribution in [0.15, 0.2) is 110 Å². The standard InChI is InChI=1S/3C17H18N.3C2H6.4CH4.3CH3.33Y/c1-11-9-14-5-6-15-13(3)18(4)8-7-16(15)17(14)10-12(11)2;1-11-5-6-16-14(12(11)2)7-8-15-13(3)18(4)10-9-17(15)16;1-11-5-6-14-7-8-15-13(3)18(4)10-9-16(15)17(14)12(11)2;3*1-2;;;;;;;;;;;;;;;;;;;;;;;;;;;;;;;;;;;;;;;;/h3*5-10H,1-4H3;3*1-2H3;4*1H4;3*1H3;;;;;;;;;;;;;;;;;;;;;;;;;;;;;;;;;/q3*+1;;;;;;;;3*-1;;;;;;;;;;;;;;;;;;;;;;;;;;;;;;;;;. The Morgan fingerprint density at radius 1 is 0.200 bits per heavy atom. The van der Waals surface area contributed by atoms with Crippen molar-refractivity contribution in [1.29, 1.82) is 0 Å². The summed E-state index contributed by atoms with van der Waals surface area (Å²) >= 11 is 0. The minimum atomic E-state index is 0. The van der Waals surface area contributed by atoms with Gasteiger partial charge in [0.1, 0.15) is 21.1 Å². The van der Waals surface area contributed by atoms with E-state index in [-0.39, 0.29) is 1130 Å². The molecule has 3 heterocycles. The molecule has 6 aromatic carbocycles. The Labute approximate surface area is 1450 Å². The van der Waals surface area contributed by atoms with Crippen LogP contribution in [-0.2, 0) is 1100 Å². The molecule has 0 unspecified atom stereocenters. The summed E-state index contributed by atoms with van der Waals surface area (Å²) in [6.07, 6.45) is 6.44. The molecule has 0 bridgehead atoms. The maximum atomic E-state index is 2.31. The first-order valence-corrected chi connectivity index (χ1v) is 22.1. The van der Waals surface area contributed by atoms with Crippen molar-refractivity contribution in [3.05, 3.63) is 182 Å². The van der Waals surface area contributed by atoms with Gasteiger partial charge in [0.05, 0.1) is 0 Å². The molecule has 0 spiro atoms. The van der Waals surface area contributed by atoms with Crippen molar-refractivity contribution >= 4 is 64.6 Å². The van der Waals surface area contributed by atoms with Crippen molar-refractivity contribution in [2.24, 2.45) is 21.1 Å². The summed E-state index contributed by atoms with van der Waals surface area (Å²) in [6.45, 7) is 31.7. The zero-order valence-corrected chi connectivity index (χ0v) is 156. The fourth-order valence-corrected chi connectivity index (χ4v) is 7.98. The van der Waals surface area contributed by atoms with Gasteiger partial charge in [-0.1, -0.05) is 126 Å². The third-order valence-electron chi connectivity index (χ3n) is 12.4. The van der Waals surface area contributed by atoms with Crippen molar-refractivity contribution in [3.63, 3.8) is 0 Å². The molecule has 3 nitrogen and oxygen atoms in total. The van der Waals surface area contributed by atoms with Crippen LogP contribution in [0, 0.1) is 84.6 Å². The van der Waals surface area contributed by atoms with Gasteiger partial charge in [-0.25, -0.2) is 13.7 Å². The molecule has 0 fully saturated rings. The van der Waals surface area contributed by atoms with Gasteiger partial charge in [0, 0.05) is 1150 Å². The largest absolute Gasteiger partial charge is 0.358 e. The number of rotatable bonds is 0. The van der Waals surface area contributed by atoms with Gasteiger partial charge >= 0.3 is 0 Å². The van der Waals surface area contributed by atoms with Crippen molar-refractivity contribution in [3.8, 4) is 0 Å². The number of nitrogens with zero attached hydrogens (tertiary/aromatic N) is 3. The smallest absolute Gasteiger partial charge is 0.185 e. The maximum absolute atomic E-state index is 2.31. The molecule has 467 valence electrons. The third-order valence-corrected chi connectivity index (χ3v) is 12.4. The van der Waals surface area contributed by atoms with Gasteiger partial charge in [-0.3, -0.25) is 0 Å². The van der Waals surface area contributed by atoms with Gasteiger partial charge in [0.2, 0.25) is 0 Å². The summed E-state index contributed by atoms with van der Waals surface area (Å²) in [6, 6.07) is 33.6. The van der Waals surface area contributed by atoms with Gasteiger partial charge in [0.15, 0.2) is 35.7 Å². The van der Waals surface area contributed by atoms with Crippen LogP contribution in [0.25, 0.3) is 64.6 Å². The molecule has 100 heavy (non-hydrogen) atoms. The van der Waals surface area contributed by atoms with Crippen LogP contribution in [0.3, 0.4) is 0 Å². The number of hydrogen-bond acceptors (Lipinski definition) is 0. The Balaban J connectivity index is -0.0000000137. The average molecular weight is 3840 g/mol. The molecule has 0 saturated heterocycles. The minimum Gasteiger partial charge on any atom is -0.358 e. The molecule has 33 radical (unpaired) electrons. The summed E-state index contributed by atoms with van der Waals surface area (Å²) < 4.78 is 6.53. The summed E-state index contributed by atoms with van der Waals surface area (Å²) in [7, 11) is 6.29. The maximum Gasteiger partial charge on any atom is 0.185 e. The van der Waals surface area contributed by atoms with E-state index in [2.05, 4.69) is 207 Å². The predicted molar refractivity (Wildman–Crippen MR) is 311 cm³/mol. The van der Waals surface area contributed by atoms with Gasteiger partial charge in [0.25, 0.3) is 0 Å². The van der Waals surface area contributed by atoms with Crippen LogP contribution >= 0.6 is 0 Å². The molecule has 3 aromatic heterocycles. The van der Waals surface area contributed by atoms with E-state index in [4.69, 9.17) is 0 Å². The second kappa shape index (κ2) is 148. The van der Waals surface area contributed by atoms with Gasteiger partial charge in [-0.05, 0) is 125 Å². The van der Waals surface area contributed by atoms with Crippen LogP contribution in [0.2, 0.25) is 0 Å². The Morgan fingerprint density at radius 3 is 0.740 bits per heavy atom. The molecule has 0 N–H and O–H groups in total. The van der Waals surface area contributed by atoms with Crippen LogP contribution in [0.5, 0.6) is 0 Å². The van der Waals surface area contributed by atoms with Crippen molar-refractivity contribution in [2.75, 3.05) is 0 Å². The van der Waals surface area contributed by atoms with Gasteiger partial charge in [-0.15, -0.1) is 0 Å². The number of fused-ring (bicyclic) bond motifs is 9. The normalized spacial score (nSPS) is 6.30. The van der Waals surface area contributed by atoms with E-state index < -0.39 is 0 Å². The van der Waals surface area contributed by atoms with E-state index in [1.165, 1.54) is 115 Å². The van der Waals surface area contributed by atoms with Crippen molar-refractivity contribution in [1.82, 2.24) is 0 Å². The number of hydrogen-bond donors (Lipinski definition) is 0. The summed E-state index contributed by atoms with van der Waals surface area (Å²) in [5, 5.41) is 16.3. The third kappa shape index (κ3) is 83.4. The van der Waals surface area contributed by atoms with E-state index in [0.717, 1.165) is 0 Å². The molecule has 36 heteroatoms. The second-order valence-corrected chi connectivity index (χ2v) is 15.5. The van der Waals surface area contributed by atoms with Crippen molar-refractivity contribution < 1.29 is 1090 Å². The fourth-order valence-electron chi connectivity index (χ4n) is 7.98. The molecule has 0 aliphatic rings. The molecule has 0 aliphatic heterocycles. The van der Waals surface area contributed by atoms with E-state index >= 15 is 0 Å². The van der Waals surface area contributed by atoms with E-state index in [1.807, 2.05) is 41.5 Å². The molecule has 0 amide bonds. The zero-order chi connectivity index (χ0) is 44.6. The van der Waals surface area contributed by atoms with E-state index in [1.54, 1.807) is 0 Å². The van der Waals surface area contributed by atoms with E-state index in [0.29, 0.717) is 0 Å². The average Bonchev–Trinajstić information content (AvgIpc) is 3.27. The Kier molecular flexibility index (Phi) is 369. The first kappa shape index (κ1) is 250. The molecule has 9 aromatic rings. The summed E-state index contributed by atoms with van der Waals surface area (Å²) in [5.74, 6) is 0. The quantitative estimate of drug-likeness (QED) is 0.0815. The van der Waals surface area contributed by atoms with E-state index in [9.17, 15) is 0 Å². The van der Waals surface area contributed by atoms with Crippen LogP contribution in [0.4, 0.5) is 0 Å². The predicted octanol–water partition coefficient (Wildman–Crippen LogP) is 18.1. The summed E-state index contributed by atoms with van der Waals surface area (Å²) in [5.41, 5.74) is 12.2. The zero-order valence-electron chi connectivity index (χ0n) is 62.3. The molecular formula is C64H97N3Y33. The van der Waals surface area contributed by atoms with Gasteiger partial charge in [-0.2, -0.15) is 0 Å². The Bertz CT molecular complexity index is 2900. The van der Waals surface area contributed by atoms with Crippen LogP contribution in [0.1, 0.15) is 122 Å². The minimum absolute atomic E-state index is 0. The fraction of sp³-hybridized carbons (Fsp3) is 0.344. The molecule has 0 saturated carbocycles. The first-order chi connectivity index (χ1) is 28.8. The number of pyridine rings is 3. The summed E-state index contributed by atoms with van der Waals surface area (Å²) in [4.78, 5) is 0. The van der Waals surface area contributed by atoms with Gasteiger partial charge < -0.3 is 22.3 Å². The Morgan fingerprint density at radius 2 is 0.410 bits per heavy atom. The topological polar surface area (TPSA) is 11.6 Å². The SMILES string of the molecule is C.C.C.C.CC.CC.CC.Cc1cc2ccc3c(C)[n+](C)ccc3c2cc1C.Cc1ccc2c(ccc3c(C)[n+](C)ccc32)c1C.Cc1ccc2ccc3c(C)[n+](C)ccc3c2c1C.[CH3-].[CH3-].[CH3-].[Y].[Y].[Y].[Y].[Y].[Y].[Y].[Y].[Y].[Y].[Y].[Y].[Y].[Y].[Y].[Y].[Y].[Y].[Y].[Y].[Y].[Y].[Y].[Y].[Y].[Y].[Y].[Y].[Y].[Y].[Y].[Y].[Y]. The van der Waals surface area contributed by atoms with Crippen LogP contribution in [-0.4, -0.2) is 0 Å². The molecular weight excluding hydrogens is 3740 g/mol.